The van der Waals surface area contributed by atoms with Crippen LogP contribution in [0.1, 0.15) is 55.6 Å². The Balaban J connectivity index is 2.46. The summed E-state index contributed by atoms with van der Waals surface area (Å²) in [6.45, 7) is 6.58. The number of carboxylic acids is 1. The van der Waals surface area contributed by atoms with E-state index in [-0.39, 0.29) is 10.7 Å². The number of nitrogens with zero attached hydrogens (tertiary/aromatic N) is 1. The van der Waals surface area contributed by atoms with Gasteiger partial charge in [0.1, 0.15) is 11.6 Å². The molecule has 2 rings (SSSR count). The number of furan rings is 1. The average molecular weight is 366 g/mol. The van der Waals surface area contributed by atoms with Gasteiger partial charge in [-0.15, -0.1) is 0 Å². The fourth-order valence-corrected chi connectivity index (χ4v) is 4.27. The molecular weight excluding hydrogens is 342 g/mol. The zero-order valence-electron chi connectivity index (χ0n) is 14.9. The van der Waals surface area contributed by atoms with Crippen LogP contribution >= 0.6 is 0 Å². The van der Waals surface area contributed by atoms with E-state index in [1.54, 1.807) is 6.92 Å². The van der Waals surface area contributed by atoms with Gasteiger partial charge in [-0.2, -0.15) is 4.31 Å². The largest absolute Gasteiger partial charge is 0.542 e. The lowest BCUT2D eigenvalue weighted by molar-refractivity contribution is -0.257. The van der Waals surface area contributed by atoms with Crippen LogP contribution < -0.4 is 5.11 Å². The van der Waals surface area contributed by atoms with Crippen molar-refractivity contribution >= 4 is 27.0 Å². The van der Waals surface area contributed by atoms with E-state index in [1.807, 2.05) is 13.8 Å². The molecule has 0 aliphatic heterocycles. The van der Waals surface area contributed by atoms with Crippen LogP contribution in [0.15, 0.2) is 27.5 Å². The Morgan fingerprint density at radius 3 is 2.28 bits per heavy atom. The first-order chi connectivity index (χ1) is 11.8. The molecule has 0 N–H and O–H groups in total. The lowest BCUT2D eigenvalue weighted by Gasteiger charge is -2.22. The van der Waals surface area contributed by atoms with Gasteiger partial charge in [-0.1, -0.05) is 26.7 Å². The molecule has 25 heavy (non-hydrogen) atoms. The van der Waals surface area contributed by atoms with Gasteiger partial charge in [-0.25, -0.2) is 8.42 Å². The minimum absolute atomic E-state index is 0.154. The second-order valence-corrected chi connectivity index (χ2v) is 8.05. The molecule has 0 saturated carbocycles. The number of aromatic carboxylic acids is 1. The summed E-state index contributed by atoms with van der Waals surface area (Å²) >= 11 is 0. The number of sulfonamides is 1. The zero-order valence-corrected chi connectivity index (χ0v) is 15.7. The fraction of sp³-hybridized carbons (Fsp3) is 0.500. The summed E-state index contributed by atoms with van der Waals surface area (Å²) in [5, 5.41) is 11.6. The molecule has 0 unspecified atom stereocenters. The second kappa shape index (κ2) is 8.01. The molecule has 1 aromatic carbocycles. The van der Waals surface area contributed by atoms with E-state index in [4.69, 9.17) is 4.42 Å². The Morgan fingerprint density at radius 1 is 1.16 bits per heavy atom. The summed E-state index contributed by atoms with van der Waals surface area (Å²) in [6.07, 6.45) is 3.41. The summed E-state index contributed by atoms with van der Waals surface area (Å²) < 4.78 is 32.8. The van der Waals surface area contributed by atoms with E-state index in [0.29, 0.717) is 29.6 Å². The lowest BCUT2D eigenvalue weighted by atomic mass is 10.1. The number of carbonyl (C=O) groups is 1. The highest BCUT2D eigenvalue weighted by atomic mass is 32.2. The van der Waals surface area contributed by atoms with Gasteiger partial charge in [0.05, 0.1) is 4.90 Å². The van der Waals surface area contributed by atoms with Gasteiger partial charge in [0.25, 0.3) is 0 Å². The number of unbranched alkanes of at least 4 members (excludes halogenated alkanes) is 2. The number of benzene rings is 1. The normalized spacial score (nSPS) is 12.2. The van der Waals surface area contributed by atoms with Gasteiger partial charge < -0.3 is 14.3 Å². The number of rotatable bonds is 9. The van der Waals surface area contributed by atoms with E-state index in [0.717, 1.165) is 25.7 Å². The average Bonchev–Trinajstić information content (AvgIpc) is 2.91. The zero-order chi connectivity index (χ0) is 18.6. The van der Waals surface area contributed by atoms with Crippen molar-refractivity contribution in [3.63, 3.8) is 0 Å². The molecule has 0 aliphatic carbocycles. The Labute approximate surface area is 148 Å². The van der Waals surface area contributed by atoms with Gasteiger partial charge in [-0.05, 0) is 38.0 Å². The molecule has 0 atom stereocenters. The van der Waals surface area contributed by atoms with Gasteiger partial charge in [0, 0.05) is 24.0 Å². The Kier molecular flexibility index (Phi) is 6.24. The van der Waals surface area contributed by atoms with E-state index in [2.05, 4.69) is 0 Å². The van der Waals surface area contributed by atoms with Crippen LogP contribution in [-0.2, 0) is 10.0 Å². The van der Waals surface area contributed by atoms with Crippen LogP contribution in [0.25, 0.3) is 11.0 Å². The van der Waals surface area contributed by atoms with Crippen LogP contribution in [0.5, 0.6) is 0 Å². The Hall–Kier alpha value is -1.86. The minimum atomic E-state index is -3.64. The molecule has 0 radical (unpaired) electrons. The summed E-state index contributed by atoms with van der Waals surface area (Å²) in [6, 6.07) is 4.45. The highest BCUT2D eigenvalue weighted by Crippen LogP contribution is 2.28. The SMILES string of the molecule is CCCCN(CCCC)S(=O)(=O)c1ccc2oc(C(=O)[O-])c(C)c2c1. The molecule has 0 bridgehead atoms. The van der Waals surface area contributed by atoms with Crippen molar-refractivity contribution in [3.8, 4) is 0 Å². The molecule has 6 nitrogen and oxygen atoms in total. The van der Waals surface area contributed by atoms with Crippen molar-refractivity contribution in [3.05, 3.63) is 29.5 Å². The third-order valence-corrected chi connectivity index (χ3v) is 6.15. The Morgan fingerprint density at radius 2 is 1.76 bits per heavy atom. The van der Waals surface area contributed by atoms with Gasteiger partial charge in [0.2, 0.25) is 10.0 Å². The quantitative estimate of drug-likeness (QED) is 0.680. The van der Waals surface area contributed by atoms with E-state index < -0.39 is 16.0 Å². The molecule has 138 valence electrons. The maximum Gasteiger partial charge on any atom is 0.243 e. The molecule has 0 spiro atoms. The number of hydrogen-bond acceptors (Lipinski definition) is 5. The number of fused-ring (bicyclic) bond motifs is 1. The molecule has 0 saturated heterocycles. The monoisotopic (exact) mass is 366 g/mol. The van der Waals surface area contributed by atoms with Crippen molar-refractivity contribution in [1.29, 1.82) is 0 Å². The molecule has 0 amide bonds. The minimum Gasteiger partial charge on any atom is -0.542 e. The predicted octanol–water partition coefficient (Wildman–Crippen LogP) is 2.70. The van der Waals surface area contributed by atoms with Gasteiger partial charge >= 0.3 is 0 Å². The molecule has 7 heteroatoms. The maximum atomic E-state index is 13.0. The topological polar surface area (TPSA) is 90.7 Å². The second-order valence-electron chi connectivity index (χ2n) is 6.11. The predicted molar refractivity (Wildman–Crippen MR) is 93.9 cm³/mol. The molecular formula is C18H24NO5S-. The summed E-state index contributed by atoms with van der Waals surface area (Å²) in [5.74, 6) is -1.68. The smallest absolute Gasteiger partial charge is 0.243 e. The van der Waals surface area contributed by atoms with Gasteiger partial charge in [-0.3, -0.25) is 0 Å². The molecule has 0 aliphatic rings. The molecule has 1 heterocycles. The standard InChI is InChI=1S/C18H25NO5S/c1-4-6-10-19(11-7-5-2)25(22,23)14-8-9-16-15(12-14)13(3)17(24-16)18(20)21/h8-9,12H,4-7,10-11H2,1-3H3,(H,20,21)/p-1. The van der Waals surface area contributed by atoms with Gasteiger partial charge in [0.15, 0.2) is 5.76 Å². The van der Waals surface area contributed by atoms with Crippen molar-refractivity contribution in [2.75, 3.05) is 13.1 Å². The van der Waals surface area contributed by atoms with Crippen LogP contribution in [0, 0.1) is 6.92 Å². The molecule has 0 fully saturated rings. The van der Waals surface area contributed by atoms with Crippen LogP contribution in [0.2, 0.25) is 0 Å². The fourth-order valence-electron chi connectivity index (χ4n) is 2.73. The molecule has 1 aromatic heterocycles. The molecule has 2 aromatic rings. The highest BCUT2D eigenvalue weighted by molar-refractivity contribution is 7.89. The van der Waals surface area contributed by atoms with Crippen molar-refractivity contribution in [1.82, 2.24) is 4.31 Å². The van der Waals surface area contributed by atoms with Crippen molar-refractivity contribution in [2.24, 2.45) is 0 Å². The number of aryl methyl sites for hydroxylation is 1. The number of hydrogen-bond donors (Lipinski definition) is 0. The summed E-state index contributed by atoms with van der Waals surface area (Å²) in [7, 11) is -3.64. The number of carboxylic acid groups (broad SMARTS) is 1. The first-order valence-electron chi connectivity index (χ1n) is 8.57. The Bertz CT molecular complexity index is 846. The highest BCUT2D eigenvalue weighted by Gasteiger charge is 2.25. The lowest BCUT2D eigenvalue weighted by Crippen LogP contribution is -2.33. The van der Waals surface area contributed by atoms with Crippen LogP contribution in [0.4, 0.5) is 0 Å². The van der Waals surface area contributed by atoms with E-state index in [1.165, 1.54) is 22.5 Å². The van der Waals surface area contributed by atoms with Crippen molar-refractivity contribution < 1.29 is 22.7 Å². The van der Waals surface area contributed by atoms with E-state index in [9.17, 15) is 18.3 Å². The first-order valence-corrected chi connectivity index (χ1v) is 10.0. The van der Waals surface area contributed by atoms with Crippen molar-refractivity contribution in [2.45, 2.75) is 51.3 Å². The van der Waals surface area contributed by atoms with E-state index >= 15 is 0 Å². The van der Waals surface area contributed by atoms with Crippen LogP contribution in [-0.4, -0.2) is 31.8 Å². The third-order valence-electron chi connectivity index (χ3n) is 4.25. The summed E-state index contributed by atoms with van der Waals surface area (Å²) in [5.41, 5.74) is 0.713. The number of carbonyl (C=O) groups excluding carboxylic acids is 1. The first kappa shape index (κ1) is 19.5. The maximum absolute atomic E-state index is 13.0. The van der Waals surface area contributed by atoms with Crippen LogP contribution in [0.3, 0.4) is 0 Å². The third kappa shape index (κ3) is 4.04. The summed E-state index contributed by atoms with van der Waals surface area (Å²) in [4.78, 5) is 11.2.